The molecule has 0 aromatic heterocycles. The lowest BCUT2D eigenvalue weighted by Gasteiger charge is -2.17. The second kappa shape index (κ2) is 7.01. The summed E-state index contributed by atoms with van der Waals surface area (Å²) in [4.78, 5) is 25.9. The number of carbonyl (C=O) groups excluding carboxylic acids is 2. The first-order valence-corrected chi connectivity index (χ1v) is 8.47. The van der Waals surface area contributed by atoms with Crippen molar-refractivity contribution in [3.8, 4) is 0 Å². The molecule has 1 aliphatic rings. The molecule has 1 heterocycles. The molecule has 0 bridgehead atoms. The van der Waals surface area contributed by atoms with Crippen LogP contribution in [-0.2, 0) is 22.4 Å². The van der Waals surface area contributed by atoms with E-state index in [1.807, 2.05) is 35.2 Å². The molecule has 0 unspecified atom stereocenters. The number of halogens is 1. The third-order valence-corrected chi connectivity index (χ3v) is 4.47. The van der Waals surface area contributed by atoms with Crippen molar-refractivity contribution in [3.05, 3.63) is 70.7 Å². The fraction of sp³-hybridized carbons (Fsp3) is 0.158. The van der Waals surface area contributed by atoms with Gasteiger partial charge in [-0.2, -0.15) is 0 Å². The minimum Gasteiger partial charge on any atom is -0.323 e. The summed E-state index contributed by atoms with van der Waals surface area (Å²) in [6.45, 7) is 4.14. The highest BCUT2D eigenvalue weighted by atomic mass is 79.9. The molecule has 0 radical (unpaired) electrons. The van der Waals surface area contributed by atoms with Crippen molar-refractivity contribution in [3.63, 3.8) is 0 Å². The van der Waals surface area contributed by atoms with Gasteiger partial charge in [0.05, 0.1) is 6.42 Å². The number of rotatable bonds is 4. The van der Waals surface area contributed by atoms with Crippen LogP contribution in [0.25, 0.3) is 0 Å². The van der Waals surface area contributed by atoms with Crippen LogP contribution in [0.4, 0.5) is 11.4 Å². The van der Waals surface area contributed by atoms with Crippen LogP contribution >= 0.6 is 15.9 Å². The normalized spacial score (nSPS) is 12.6. The maximum atomic E-state index is 12.7. The maximum Gasteiger partial charge on any atom is 0.247 e. The Bertz CT molecular complexity index is 817. The van der Waals surface area contributed by atoms with E-state index in [1.54, 1.807) is 6.07 Å². The second-order valence-electron chi connectivity index (χ2n) is 5.64. The van der Waals surface area contributed by atoms with Gasteiger partial charge in [0.1, 0.15) is 0 Å². The van der Waals surface area contributed by atoms with Crippen LogP contribution < -0.4 is 10.2 Å². The van der Waals surface area contributed by atoms with Crippen LogP contribution in [0.1, 0.15) is 11.1 Å². The molecular weight excluding hydrogens is 368 g/mol. The zero-order valence-corrected chi connectivity index (χ0v) is 14.7. The largest absolute Gasteiger partial charge is 0.323 e. The average Bonchev–Trinajstić information content (AvgIpc) is 2.98. The fourth-order valence-corrected chi connectivity index (χ4v) is 3.26. The van der Waals surface area contributed by atoms with Gasteiger partial charge < -0.3 is 10.2 Å². The number of amides is 2. The van der Waals surface area contributed by atoms with Gasteiger partial charge in [-0.25, -0.2) is 0 Å². The number of hydrogen-bond acceptors (Lipinski definition) is 2. The van der Waals surface area contributed by atoms with Crippen LogP contribution in [0.5, 0.6) is 0 Å². The third-order valence-electron chi connectivity index (χ3n) is 3.97. The Balaban J connectivity index is 1.73. The predicted octanol–water partition coefficient (Wildman–Crippen LogP) is 3.71. The van der Waals surface area contributed by atoms with E-state index in [1.165, 1.54) is 11.6 Å². The van der Waals surface area contributed by atoms with Gasteiger partial charge >= 0.3 is 0 Å². The molecule has 1 N–H and O–H groups in total. The molecule has 0 saturated heterocycles. The van der Waals surface area contributed by atoms with Crippen LogP contribution in [0, 0.1) is 0 Å². The molecule has 122 valence electrons. The summed E-state index contributed by atoms with van der Waals surface area (Å²) in [6.07, 6.45) is 2.39. The molecule has 4 nitrogen and oxygen atoms in total. The quantitative estimate of drug-likeness (QED) is 0.816. The third kappa shape index (κ3) is 3.57. The van der Waals surface area contributed by atoms with E-state index in [0.717, 1.165) is 22.1 Å². The van der Waals surface area contributed by atoms with Crippen molar-refractivity contribution in [2.45, 2.75) is 12.8 Å². The molecule has 0 spiro atoms. The van der Waals surface area contributed by atoms with E-state index in [9.17, 15) is 9.59 Å². The van der Waals surface area contributed by atoms with Crippen LogP contribution in [-0.4, -0.2) is 18.4 Å². The lowest BCUT2D eigenvalue weighted by atomic mass is 10.1. The van der Waals surface area contributed by atoms with Gasteiger partial charge in [0.2, 0.25) is 11.8 Å². The number of carbonyl (C=O) groups is 2. The number of nitrogens with one attached hydrogen (secondary N) is 1. The van der Waals surface area contributed by atoms with E-state index in [4.69, 9.17) is 0 Å². The lowest BCUT2D eigenvalue weighted by molar-refractivity contribution is -0.118. The minimum absolute atomic E-state index is 0.0586. The Kier molecular flexibility index (Phi) is 4.81. The minimum atomic E-state index is -0.266. The van der Waals surface area contributed by atoms with Gasteiger partial charge in [-0.15, -0.1) is 0 Å². The average molecular weight is 385 g/mol. The summed E-state index contributed by atoms with van der Waals surface area (Å²) in [5.41, 5.74) is 3.70. The Labute approximate surface area is 149 Å². The van der Waals surface area contributed by atoms with Crippen LogP contribution in [0.15, 0.2) is 59.6 Å². The molecule has 0 aliphatic carbocycles. The lowest BCUT2D eigenvalue weighted by Crippen LogP contribution is -2.30. The first-order chi connectivity index (χ1) is 11.6. The first kappa shape index (κ1) is 16.5. The zero-order chi connectivity index (χ0) is 17.1. The highest BCUT2D eigenvalue weighted by Crippen LogP contribution is 2.31. The number of hydrogen-bond donors (Lipinski definition) is 1. The van der Waals surface area contributed by atoms with Gasteiger partial charge in [0.15, 0.2) is 0 Å². The highest BCUT2D eigenvalue weighted by Gasteiger charge is 2.24. The van der Waals surface area contributed by atoms with Crippen molar-refractivity contribution in [2.75, 3.05) is 16.8 Å². The van der Waals surface area contributed by atoms with Crippen molar-refractivity contribution < 1.29 is 9.59 Å². The topological polar surface area (TPSA) is 49.4 Å². The molecular formula is C19H17BrN2O2. The SMILES string of the molecule is C=CC(=O)Nc1cccc(CC(=O)N2CCc3cc(Br)ccc32)c1. The number of benzene rings is 2. The van der Waals surface area contributed by atoms with Gasteiger partial charge in [-0.1, -0.05) is 34.6 Å². The van der Waals surface area contributed by atoms with Gasteiger partial charge in [-0.05, 0) is 54.0 Å². The number of nitrogens with zero attached hydrogens (tertiary/aromatic N) is 1. The van der Waals surface area contributed by atoms with Gasteiger partial charge in [0.25, 0.3) is 0 Å². The van der Waals surface area contributed by atoms with Gasteiger partial charge in [0, 0.05) is 22.4 Å². The smallest absolute Gasteiger partial charge is 0.247 e. The zero-order valence-electron chi connectivity index (χ0n) is 13.1. The second-order valence-corrected chi connectivity index (χ2v) is 6.55. The van der Waals surface area contributed by atoms with E-state index in [0.29, 0.717) is 18.7 Å². The van der Waals surface area contributed by atoms with Crippen LogP contribution in [0.3, 0.4) is 0 Å². The number of anilines is 2. The Morgan fingerprint density at radius 2 is 2.08 bits per heavy atom. The summed E-state index contributed by atoms with van der Waals surface area (Å²) in [5, 5.41) is 2.71. The first-order valence-electron chi connectivity index (χ1n) is 7.68. The van der Waals surface area contributed by atoms with E-state index in [2.05, 4.69) is 33.9 Å². The molecule has 1 aliphatic heterocycles. The molecule has 3 rings (SSSR count). The molecule has 2 aromatic carbocycles. The van der Waals surface area contributed by atoms with Crippen molar-refractivity contribution in [1.82, 2.24) is 0 Å². The molecule has 2 amide bonds. The standard InChI is InChI=1S/C19H17BrN2O2/c1-2-18(23)21-16-5-3-4-13(10-16)11-19(24)22-9-8-14-12-15(20)6-7-17(14)22/h2-7,10,12H,1,8-9,11H2,(H,21,23). The van der Waals surface area contributed by atoms with E-state index in [-0.39, 0.29) is 11.8 Å². The van der Waals surface area contributed by atoms with Crippen LogP contribution in [0.2, 0.25) is 0 Å². The van der Waals surface area contributed by atoms with Crippen molar-refractivity contribution in [2.24, 2.45) is 0 Å². The summed E-state index contributed by atoms with van der Waals surface area (Å²) in [5.74, 6) is -0.208. The molecule has 5 heteroatoms. The van der Waals surface area contributed by atoms with E-state index >= 15 is 0 Å². The highest BCUT2D eigenvalue weighted by molar-refractivity contribution is 9.10. The number of fused-ring (bicyclic) bond motifs is 1. The predicted molar refractivity (Wildman–Crippen MR) is 99.2 cm³/mol. The Morgan fingerprint density at radius 3 is 2.88 bits per heavy atom. The summed E-state index contributed by atoms with van der Waals surface area (Å²) >= 11 is 3.46. The summed E-state index contributed by atoms with van der Waals surface area (Å²) in [7, 11) is 0. The van der Waals surface area contributed by atoms with Gasteiger partial charge in [-0.3, -0.25) is 9.59 Å². The fourth-order valence-electron chi connectivity index (χ4n) is 2.85. The molecule has 0 fully saturated rings. The maximum absolute atomic E-state index is 12.7. The van der Waals surface area contributed by atoms with Crippen molar-refractivity contribution >= 4 is 39.1 Å². The summed E-state index contributed by atoms with van der Waals surface area (Å²) in [6, 6.07) is 13.3. The molecule has 24 heavy (non-hydrogen) atoms. The van der Waals surface area contributed by atoms with E-state index < -0.39 is 0 Å². The molecule has 0 atom stereocenters. The molecule has 0 saturated carbocycles. The Morgan fingerprint density at radius 1 is 1.25 bits per heavy atom. The van der Waals surface area contributed by atoms with Crippen molar-refractivity contribution in [1.29, 1.82) is 0 Å². The summed E-state index contributed by atoms with van der Waals surface area (Å²) < 4.78 is 1.03. The molecule has 2 aromatic rings. The monoisotopic (exact) mass is 384 g/mol. The Hall–Kier alpha value is -2.40.